The lowest BCUT2D eigenvalue weighted by Gasteiger charge is -2.18. The van der Waals surface area contributed by atoms with Crippen molar-refractivity contribution in [2.45, 2.75) is 6.92 Å². The number of carbonyl (C=O) groups is 2. The molecule has 0 fully saturated rings. The van der Waals surface area contributed by atoms with E-state index in [-0.39, 0.29) is 17.3 Å². The standard InChI is InChI=1S/C22H16N2O2/c1-15-11-13-24(14-12-15)20-19(23-16-7-3-2-4-8-16)21(25)17-9-5-6-10-18(17)22(20)26/h2-14H,1H3/p+1. The fourth-order valence-corrected chi connectivity index (χ4v) is 3.04. The molecule has 1 aliphatic carbocycles. The maximum Gasteiger partial charge on any atom is 0.286 e. The van der Waals surface area contributed by atoms with Gasteiger partial charge in [0.05, 0.1) is 0 Å². The molecule has 1 aromatic heterocycles. The van der Waals surface area contributed by atoms with Crippen molar-refractivity contribution in [1.29, 1.82) is 0 Å². The van der Waals surface area contributed by atoms with Crippen LogP contribution in [0.15, 0.2) is 84.8 Å². The molecule has 1 N–H and O–H groups in total. The minimum atomic E-state index is -0.188. The van der Waals surface area contributed by atoms with Crippen molar-refractivity contribution in [2.75, 3.05) is 5.32 Å². The summed E-state index contributed by atoms with van der Waals surface area (Å²) < 4.78 is 1.70. The van der Waals surface area contributed by atoms with E-state index in [2.05, 4.69) is 5.32 Å². The van der Waals surface area contributed by atoms with Gasteiger partial charge in [0.15, 0.2) is 18.1 Å². The van der Waals surface area contributed by atoms with Crippen molar-refractivity contribution in [3.05, 3.63) is 102 Å². The van der Waals surface area contributed by atoms with Crippen molar-refractivity contribution in [1.82, 2.24) is 0 Å². The Morgan fingerprint density at radius 1 is 0.731 bits per heavy atom. The number of allylic oxidation sites excluding steroid dienone is 2. The summed E-state index contributed by atoms with van der Waals surface area (Å²) >= 11 is 0. The van der Waals surface area contributed by atoms with E-state index >= 15 is 0 Å². The molecule has 0 saturated carbocycles. The molecule has 0 atom stereocenters. The van der Waals surface area contributed by atoms with E-state index in [0.717, 1.165) is 11.3 Å². The first-order valence-corrected chi connectivity index (χ1v) is 8.38. The summed E-state index contributed by atoms with van der Waals surface area (Å²) in [4.78, 5) is 26.3. The first-order valence-electron chi connectivity index (χ1n) is 8.38. The van der Waals surface area contributed by atoms with Crippen LogP contribution < -0.4 is 9.88 Å². The van der Waals surface area contributed by atoms with Crippen molar-refractivity contribution in [2.24, 2.45) is 0 Å². The van der Waals surface area contributed by atoms with Gasteiger partial charge < -0.3 is 5.32 Å². The Balaban J connectivity index is 1.92. The van der Waals surface area contributed by atoms with Gasteiger partial charge in [0, 0.05) is 28.9 Å². The van der Waals surface area contributed by atoms with E-state index in [4.69, 9.17) is 0 Å². The van der Waals surface area contributed by atoms with Gasteiger partial charge in [-0.3, -0.25) is 9.59 Å². The zero-order chi connectivity index (χ0) is 18.1. The molecule has 0 unspecified atom stereocenters. The van der Waals surface area contributed by atoms with Crippen molar-refractivity contribution in [3.8, 4) is 0 Å². The third kappa shape index (κ3) is 2.71. The minimum Gasteiger partial charge on any atom is -0.347 e. The molecule has 1 heterocycles. The van der Waals surface area contributed by atoms with Crippen LogP contribution in [-0.2, 0) is 0 Å². The molecule has 4 rings (SSSR count). The Bertz CT molecular complexity index is 1040. The summed E-state index contributed by atoms with van der Waals surface area (Å²) in [5.41, 5.74) is 3.31. The largest absolute Gasteiger partial charge is 0.347 e. The van der Waals surface area contributed by atoms with Gasteiger partial charge in [0.25, 0.3) is 11.5 Å². The van der Waals surface area contributed by atoms with Gasteiger partial charge in [-0.15, -0.1) is 0 Å². The number of para-hydroxylation sites is 1. The number of nitrogens with one attached hydrogen (secondary N) is 1. The molecule has 4 heteroatoms. The minimum absolute atomic E-state index is 0.174. The number of anilines is 1. The van der Waals surface area contributed by atoms with Crippen LogP contribution in [-0.4, -0.2) is 11.6 Å². The highest BCUT2D eigenvalue weighted by atomic mass is 16.1. The molecule has 26 heavy (non-hydrogen) atoms. The first kappa shape index (κ1) is 16.0. The second-order valence-electron chi connectivity index (χ2n) is 6.20. The third-order valence-electron chi connectivity index (χ3n) is 4.39. The lowest BCUT2D eigenvalue weighted by Crippen LogP contribution is -2.42. The number of ketones is 2. The number of hydrogen-bond donors (Lipinski definition) is 1. The van der Waals surface area contributed by atoms with E-state index in [9.17, 15) is 9.59 Å². The van der Waals surface area contributed by atoms with Crippen LogP contribution in [0.5, 0.6) is 0 Å². The second kappa shape index (κ2) is 6.41. The molecule has 4 nitrogen and oxygen atoms in total. The van der Waals surface area contributed by atoms with Crippen LogP contribution in [0, 0.1) is 6.92 Å². The summed E-state index contributed by atoms with van der Waals surface area (Å²) in [7, 11) is 0. The van der Waals surface area contributed by atoms with Crippen LogP contribution >= 0.6 is 0 Å². The Morgan fingerprint density at radius 2 is 1.31 bits per heavy atom. The Hall–Kier alpha value is -3.53. The van der Waals surface area contributed by atoms with Gasteiger partial charge in [0.1, 0.15) is 0 Å². The number of rotatable bonds is 3. The number of carbonyl (C=O) groups excluding carboxylic acids is 2. The maximum absolute atomic E-state index is 13.2. The number of aromatic nitrogens is 1. The number of fused-ring (bicyclic) bond motifs is 1. The summed E-state index contributed by atoms with van der Waals surface area (Å²) in [5, 5.41) is 3.15. The maximum atomic E-state index is 13.2. The highest BCUT2D eigenvalue weighted by molar-refractivity contribution is 6.36. The highest BCUT2D eigenvalue weighted by Gasteiger charge is 2.38. The van der Waals surface area contributed by atoms with Crippen molar-refractivity contribution >= 4 is 23.0 Å². The monoisotopic (exact) mass is 341 g/mol. The number of benzene rings is 2. The zero-order valence-electron chi connectivity index (χ0n) is 14.3. The molecule has 0 bridgehead atoms. The fourth-order valence-electron chi connectivity index (χ4n) is 3.04. The predicted molar refractivity (Wildman–Crippen MR) is 99.8 cm³/mol. The van der Waals surface area contributed by atoms with Gasteiger partial charge in [-0.2, -0.15) is 4.57 Å². The van der Waals surface area contributed by atoms with E-state index in [1.165, 1.54) is 0 Å². The number of Topliss-reactive ketones (excluding diaryl/α,β-unsaturated/α-hetero) is 2. The van der Waals surface area contributed by atoms with Crippen LogP contribution in [0.3, 0.4) is 0 Å². The van der Waals surface area contributed by atoms with Crippen LogP contribution in [0.2, 0.25) is 0 Å². The van der Waals surface area contributed by atoms with E-state index in [1.807, 2.05) is 49.4 Å². The molecule has 0 saturated heterocycles. The molecule has 0 spiro atoms. The average Bonchev–Trinajstić information content (AvgIpc) is 2.68. The quantitative estimate of drug-likeness (QED) is 0.740. The molecular weight excluding hydrogens is 324 g/mol. The highest BCUT2D eigenvalue weighted by Crippen LogP contribution is 2.27. The third-order valence-corrected chi connectivity index (χ3v) is 4.39. The fraction of sp³-hybridized carbons (Fsp3) is 0.0455. The first-order chi connectivity index (χ1) is 12.6. The Kier molecular flexibility index (Phi) is 3.93. The van der Waals surface area contributed by atoms with E-state index in [0.29, 0.717) is 16.8 Å². The molecule has 0 amide bonds. The molecular formula is C22H17N2O2+. The normalized spacial score (nSPS) is 13.6. The number of hydrogen-bond acceptors (Lipinski definition) is 3. The van der Waals surface area contributed by atoms with E-state index < -0.39 is 0 Å². The lowest BCUT2D eigenvalue weighted by molar-refractivity contribution is -0.577. The Morgan fingerprint density at radius 3 is 1.96 bits per heavy atom. The van der Waals surface area contributed by atoms with E-state index in [1.54, 1.807) is 41.2 Å². The van der Waals surface area contributed by atoms with Crippen LogP contribution in [0.25, 0.3) is 5.70 Å². The second-order valence-corrected chi connectivity index (χ2v) is 6.20. The average molecular weight is 341 g/mol. The predicted octanol–water partition coefficient (Wildman–Crippen LogP) is 3.64. The number of nitrogens with zero attached hydrogens (tertiary/aromatic N) is 1. The van der Waals surface area contributed by atoms with Gasteiger partial charge >= 0.3 is 0 Å². The van der Waals surface area contributed by atoms with Gasteiger partial charge in [-0.1, -0.05) is 42.5 Å². The summed E-state index contributed by atoms with van der Waals surface area (Å²) in [6.45, 7) is 1.98. The van der Waals surface area contributed by atoms with Crippen molar-refractivity contribution in [3.63, 3.8) is 0 Å². The summed E-state index contributed by atoms with van der Waals surface area (Å²) in [5.74, 6) is -0.361. The smallest absolute Gasteiger partial charge is 0.286 e. The van der Waals surface area contributed by atoms with Gasteiger partial charge in [-0.05, 0) is 24.6 Å². The topological polar surface area (TPSA) is 50.1 Å². The van der Waals surface area contributed by atoms with Crippen LogP contribution in [0.1, 0.15) is 26.3 Å². The zero-order valence-corrected chi connectivity index (χ0v) is 14.3. The summed E-state index contributed by atoms with van der Waals surface area (Å²) in [6, 6.07) is 20.1. The number of pyridine rings is 1. The molecule has 3 aromatic rings. The van der Waals surface area contributed by atoms with Crippen molar-refractivity contribution < 1.29 is 14.2 Å². The van der Waals surface area contributed by atoms with Gasteiger partial charge in [0.2, 0.25) is 5.78 Å². The number of aryl methyl sites for hydroxylation is 1. The lowest BCUT2D eigenvalue weighted by atomic mass is 9.90. The molecule has 2 aromatic carbocycles. The SMILES string of the molecule is Cc1cc[n+](C2=C(Nc3ccccc3)C(=O)c3ccccc3C2=O)cc1. The molecule has 0 aliphatic heterocycles. The molecule has 0 radical (unpaired) electrons. The Labute approximate surface area is 151 Å². The van der Waals surface area contributed by atoms with Gasteiger partial charge in [-0.25, -0.2) is 0 Å². The summed E-state index contributed by atoms with van der Waals surface area (Å²) in [6.07, 6.45) is 3.60. The molecule has 1 aliphatic rings. The molecule has 126 valence electrons. The van der Waals surface area contributed by atoms with Crippen LogP contribution in [0.4, 0.5) is 5.69 Å².